The lowest BCUT2D eigenvalue weighted by Gasteiger charge is -2.27. The van der Waals surface area contributed by atoms with Gasteiger partial charge in [-0.3, -0.25) is 9.59 Å². The van der Waals surface area contributed by atoms with Gasteiger partial charge in [-0.25, -0.2) is 0 Å². The summed E-state index contributed by atoms with van der Waals surface area (Å²) >= 11 is 3.74. The first-order valence-corrected chi connectivity index (χ1v) is 11.7. The fourth-order valence-corrected chi connectivity index (χ4v) is 5.37. The van der Waals surface area contributed by atoms with Gasteiger partial charge in [-0.1, -0.05) is 13.3 Å². The summed E-state index contributed by atoms with van der Waals surface area (Å²) in [4.78, 5) is 23.7. The number of furan rings is 1. The van der Waals surface area contributed by atoms with Crippen molar-refractivity contribution >= 4 is 46.0 Å². The predicted octanol–water partition coefficient (Wildman–Crippen LogP) is 5.09. The van der Waals surface area contributed by atoms with Gasteiger partial charge in [0.1, 0.15) is 17.6 Å². The summed E-state index contributed by atoms with van der Waals surface area (Å²) in [6.07, 6.45) is 5.83. The molecule has 0 aliphatic rings. The van der Waals surface area contributed by atoms with Gasteiger partial charge in [-0.15, -0.1) is 0 Å². The van der Waals surface area contributed by atoms with Gasteiger partial charge in [0.2, 0.25) is 0 Å². The van der Waals surface area contributed by atoms with Crippen molar-refractivity contribution in [1.82, 2.24) is 0 Å². The van der Waals surface area contributed by atoms with E-state index in [9.17, 15) is 9.59 Å². The molecule has 0 saturated carbocycles. The van der Waals surface area contributed by atoms with Crippen LogP contribution in [0.5, 0.6) is 5.75 Å². The molecule has 1 aromatic carbocycles. The molecule has 126 valence electrons. The monoisotopic (exact) mass is 400 g/mol. The zero-order valence-corrected chi connectivity index (χ0v) is 16.0. The SMILES string of the molecule is CCCCS(C)(Br)CC(=O)c1coc2ccc(OC(C)=O)cc12. The number of carbonyl (C=O) groups is 2. The first kappa shape index (κ1) is 18.1. The summed E-state index contributed by atoms with van der Waals surface area (Å²) < 4.78 is 10.5. The number of benzene rings is 1. The van der Waals surface area contributed by atoms with Crippen LogP contribution in [0.1, 0.15) is 37.0 Å². The van der Waals surface area contributed by atoms with E-state index in [1.165, 1.54) is 13.2 Å². The van der Waals surface area contributed by atoms with E-state index in [0.29, 0.717) is 28.0 Å². The minimum atomic E-state index is -1.13. The number of esters is 1. The molecule has 2 rings (SSSR count). The Balaban J connectivity index is 2.24. The first-order chi connectivity index (χ1) is 10.8. The summed E-state index contributed by atoms with van der Waals surface area (Å²) in [5, 5.41) is 0.687. The van der Waals surface area contributed by atoms with Gasteiger partial charge < -0.3 is 9.15 Å². The summed E-state index contributed by atoms with van der Waals surface area (Å²) in [5.74, 6) is 1.57. The van der Waals surface area contributed by atoms with Gasteiger partial charge in [-0.2, -0.15) is 8.46 Å². The lowest BCUT2D eigenvalue weighted by atomic mass is 10.1. The van der Waals surface area contributed by atoms with E-state index in [-0.39, 0.29) is 5.78 Å². The van der Waals surface area contributed by atoms with Crippen molar-refractivity contribution < 1.29 is 18.7 Å². The molecule has 6 heteroatoms. The molecule has 0 radical (unpaired) electrons. The highest BCUT2D eigenvalue weighted by atomic mass is 79.9. The van der Waals surface area contributed by atoms with Crippen LogP contribution in [-0.4, -0.2) is 29.5 Å². The molecule has 0 fully saturated rings. The fraction of sp³-hybridized carbons (Fsp3) is 0.412. The fourth-order valence-electron chi connectivity index (χ4n) is 2.32. The van der Waals surface area contributed by atoms with Crippen LogP contribution in [0.25, 0.3) is 11.0 Å². The lowest BCUT2D eigenvalue weighted by Crippen LogP contribution is -2.11. The molecule has 0 saturated heterocycles. The van der Waals surface area contributed by atoms with Crippen molar-refractivity contribution in [3.63, 3.8) is 0 Å². The largest absolute Gasteiger partial charge is 0.464 e. The number of rotatable bonds is 7. The third-order valence-electron chi connectivity index (χ3n) is 3.46. The van der Waals surface area contributed by atoms with Crippen LogP contribution in [0, 0.1) is 0 Å². The molecule has 1 heterocycles. The molecular weight excluding hydrogens is 380 g/mol. The Bertz CT molecular complexity index is 720. The molecular formula is C17H21BrO4S. The Labute approximate surface area is 145 Å². The Hall–Kier alpha value is -1.27. The Morgan fingerprint density at radius 1 is 1.35 bits per heavy atom. The lowest BCUT2D eigenvalue weighted by molar-refractivity contribution is -0.131. The molecule has 1 aromatic heterocycles. The standard InChI is InChI=1S/C17H21BrO4S/c1-4-5-8-23(3,18)11-16(20)15-10-21-17-7-6-13(9-14(15)17)22-12(2)19/h6-7,9-10H,4-5,8,11H2,1-3H3. The average molecular weight is 401 g/mol. The van der Waals surface area contributed by atoms with Gasteiger partial charge >= 0.3 is 5.97 Å². The van der Waals surface area contributed by atoms with Crippen molar-refractivity contribution in [2.45, 2.75) is 26.7 Å². The second-order valence-corrected chi connectivity index (χ2v) is 13.4. The highest BCUT2D eigenvalue weighted by Gasteiger charge is 2.22. The van der Waals surface area contributed by atoms with Gasteiger partial charge in [0.05, 0.1) is 5.56 Å². The van der Waals surface area contributed by atoms with Gasteiger partial charge in [-0.05, 0) is 51.4 Å². The summed E-state index contributed by atoms with van der Waals surface area (Å²) in [5.41, 5.74) is 1.16. The van der Waals surface area contributed by atoms with Crippen LogP contribution in [0.15, 0.2) is 28.9 Å². The molecule has 0 N–H and O–H groups in total. The Kier molecular flexibility index (Phi) is 5.92. The van der Waals surface area contributed by atoms with Gasteiger partial charge in [0.25, 0.3) is 0 Å². The molecule has 4 nitrogen and oxygen atoms in total. The normalized spacial score (nSPS) is 15.1. The van der Waals surface area contributed by atoms with Crippen LogP contribution in [0.4, 0.5) is 0 Å². The van der Waals surface area contributed by atoms with Crippen molar-refractivity contribution in [2.24, 2.45) is 0 Å². The maximum Gasteiger partial charge on any atom is 0.308 e. The molecule has 0 aliphatic heterocycles. The number of halogens is 1. The molecule has 0 aliphatic carbocycles. The molecule has 1 atom stereocenters. The van der Waals surface area contributed by atoms with Crippen LogP contribution in [0.2, 0.25) is 0 Å². The van der Waals surface area contributed by atoms with Crippen LogP contribution in [0.3, 0.4) is 0 Å². The first-order valence-electron chi connectivity index (χ1n) is 7.48. The van der Waals surface area contributed by atoms with E-state index in [4.69, 9.17) is 9.15 Å². The second-order valence-electron chi connectivity index (χ2n) is 5.68. The number of Topliss-reactive ketones (excluding diaryl/α,β-unsaturated/α-hetero) is 1. The average Bonchev–Trinajstić information content (AvgIpc) is 2.87. The molecule has 1 unspecified atom stereocenters. The summed E-state index contributed by atoms with van der Waals surface area (Å²) in [7, 11) is -1.13. The van der Waals surface area contributed by atoms with Crippen molar-refractivity contribution in [1.29, 1.82) is 0 Å². The number of hydrogen-bond acceptors (Lipinski definition) is 4. The Morgan fingerprint density at radius 2 is 2.09 bits per heavy atom. The number of carbonyl (C=O) groups excluding carboxylic acids is 2. The molecule has 0 spiro atoms. The van der Waals surface area contributed by atoms with E-state index >= 15 is 0 Å². The van der Waals surface area contributed by atoms with Crippen molar-refractivity contribution in [3.05, 3.63) is 30.0 Å². The van der Waals surface area contributed by atoms with Gasteiger partial charge in [0, 0.05) is 18.1 Å². The van der Waals surface area contributed by atoms with Crippen molar-refractivity contribution in [3.8, 4) is 5.75 Å². The van der Waals surface area contributed by atoms with Crippen LogP contribution in [-0.2, 0) is 4.79 Å². The molecule has 0 bridgehead atoms. The highest BCUT2D eigenvalue weighted by molar-refractivity contribution is 9.58. The zero-order valence-electron chi connectivity index (χ0n) is 13.6. The third-order valence-corrected chi connectivity index (χ3v) is 7.12. The third kappa shape index (κ3) is 4.85. The quantitative estimate of drug-likeness (QED) is 0.369. The second kappa shape index (κ2) is 7.53. The molecule has 23 heavy (non-hydrogen) atoms. The van der Waals surface area contributed by atoms with E-state index in [2.05, 4.69) is 28.0 Å². The minimum absolute atomic E-state index is 0.0502. The number of ketones is 1. The van der Waals surface area contributed by atoms with Gasteiger partial charge in [0.15, 0.2) is 5.78 Å². The van der Waals surface area contributed by atoms with E-state index in [0.717, 1.165) is 18.6 Å². The highest BCUT2D eigenvalue weighted by Crippen LogP contribution is 2.53. The maximum absolute atomic E-state index is 12.7. The number of ether oxygens (including phenoxy) is 1. The number of unbranched alkanes of at least 4 members (excludes halogenated alkanes) is 1. The van der Waals surface area contributed by atoms with E-state index < -0.39 is 14.4 Å². The topological polar surface area (TPSA) is 56.5 Å². The van der Waals surface area contributed by atoms with Crippen molar-refractivity contribution in [2.75, 3.05) is 17.8 Å². The summed E-state index contributed by atoms with van der Waals surface area (Å²) in [6.45, 7) is 3.49. The maximum atomic E-state index is 12.7. The van der Waals surface area contributed by atoms with Crippen LogP contribution >= 0.6 is 23.3 Å². The Morgan fingerprint density at radius 3 is 2.74 bits per heavy atom. The number of fused-ring (bicyclic) bond motifs is 1. The minimum Gasteiger partial charge on any atom is -0.464 e. The van der Waals surface area contributed by atoms with E-state index in [1.54, 1.807) is 18.2 Å². The summed E-state index contributed by atoms with van der Waals surface area (Å²) in [6, 6.07) is 5.05. The molecule has 2 aromatic rings. The smallest absolute Gasteiger partial charge is 0.308 e. The van der Waals surface area contributed by atoms with E-state index in [1.807, 2.05) is 0 Å². The molecule has 0 amide bonds. The number of hydrogen-bond donors (Lipinski definition) is 0. The zero-order chi connectivity index (χ0) is 17.0. The predicted molar refractivity (Wildman–Crippen MR) is 98.9 cm³/mol. The van der Waals surface area contributed by atoms with Crippen LogP contribution < -0.4 is 4.74 Å².